The van der Waals surface area contributed by atoms with Crippen LogP contribution in [0.25, 0.3) is 0 Å². The number of benzene rings is 1. The molecule has 0 bridgehead atoms. The molecule has 21 heavy (non-hydrogen) atoms. The highest BCUT2D eigenvalue weighted by molar-refractivity contribution is 6.02. The van der Waals surface area contributed by atoms with E-state index in [0.29, 0.717) is 5.69 Å². The molecule has 0 atom stereocenters. The van der Waals surface area contributed by atoms with Crippen molar-refractivity contribution in [3.63, 3.8) is 0 Å². The topological polar surface area (TPSA) is 67.2 Å². The van der Waals surface area contributed by atoms with Gasteiger partial charge in [0, 0.05) is 25.4 Å². The minimum atomic E-state index is -0.528. The second-order valence-electron chi connectivity index (χ2n) is 4.35. The van der Waals surface area contributed by atoms with E-state index in [1.54, 1.807) is 23.9 Å². The first-order valence-corrected chi connectivity index (χ1v) is 6.29. The second kappa shape index (κ2) is 6.68. The molecule has 0 aliphatic carbocycles. The van der Waals surface area contributed by atoms with Gasteiger partial charge < -0.3 is 15.0 Å². The van der Waals surface area contributed by atoms with Crippen LogP contribution >= 0.6 is 0 Å². The van der Waals surface area contributed by atoms with Gasteiger partial charge in [-0.2, -0.15) is 0 Å². The zero-order valence-electron chi connectivity index (χ0n) is 11.4. The van der Waals surface area contributed by atoms with Gasteiger partial charge >= 0.3 is 0 Å². The van der Waals surface area contributed by atoms with Crippen LogP contribution in [0.15, 0.2) is 30.7 Å². The van der Waals surface area contributed by atoms with Gasteiger partial charge in [0.1, 0.15) is 11.5 Å². The van der Waals surface area contributed by atoms with Crippen LogP contribution < -0.4 is 5.32 Å². The van der Waals surface area contributed by atoms with Gasteiger partial charge in [0.25, 0.3) is 5.91 Å². The van der Waals surface area contributed by atoms with E-state index in [2.05, 4.69) is 22.1 Å². The number of carbonyl (C=O) groups excluding carboxylic acids is 1. The zero-order valence-corrected chi connectivity index (χ0v) is 11.4. The Labute approximate surface area is 121 Å². The SMILES string of the molecule is Cn1cnc(C(=O)Nc2ccc(C#CCCO)c(F)c2)c1. The third-order valence-corrected chi connectivity index (χ3v) is 2.62. The molecule has 0 saturated heterocycles. The van der Waals surface area contributed by atoms with Gasteiger partial charge in [0.15, 0.2) is 0 Å². The molecule has 0 saturated carbocycles. The maximum absolute atomic E-state index is 13.8. The van der Waals surface area contributed by atoms with Crippen molar-refractivity contribution >= 4 is 11.6 Å². The summed E-state index contributed by atoms with van der Waals surface area (Å²) in [6.45, 7) is -0.0627. The molecular formula is C15H14FN3O2. The fourth-order valence-corrected chi connectivity index (χ4v) is 1.63. The Morgan fingerprint density at radius 1 is 1.52 bits per heavy atom. The summed E-state index contributed by atoms with van der Waals surface area (Å²) in [5, 5.41) is 11.2. The highest BCUT2D eigenvalue weighted by atomic mass is 19.1. The molecule has 2 aromatic rings. The molecular weight excluding hydrogens is 273 g/mol. The van der Waals surface area contributed by atoms with Crippen LogP contribution in [0.1, 0.15) is 22.5 Å². The van der Waals surface area contributed by atoms with Crippen LogP contribution in [-0.4, -0.2) is 27.2 Å². The summed E-state index contributed by atoms with van der Waals surface area (Å²) in [4.78, 5) is 15.8. The van der Waals surface area contributed by atoms with Gasteiger partial charge in [0.05, 0.1) is 18.5 Å². The van der Waals surface area contributed by atoms with Crippen LogP contribution in [0.5, 0.6) is 0 Å². The van der Waals surface area contributed by atoms with Gasteiger partial charge in [-0.25, -0.2) is 9.37 Å². The minimum absolute atomic E-state index is 0.0627. The Bertz CT molecular complexity index is 713. The summed E-state index contributed by atoms with van der Waals surface area (Å²) < 4.78 is 15.4. The highest BCUT2D eigenvalue weighted by Gasteiger charge is 2.10. The predicted molar refractivity (Wildman–Crippen MR) is 76.1 cm³/mol. The number of aliphatic hydroxyl groups is 1. The lowest BCUT2D eigenvalue weighted by Crippen LogP contribution is -2.12. The van der Waals surface area contributed by atoms with Crippen molar-refractivity contribution in [2.75, 3.05) is 11.9 Å². The van der Waals surface area contributed by atoms with E-state index < -0.39 is 11.7 Å². The predicted octanol–water partition coefficient (Wildman–Crippen LogP) is 1.55. The fourth-order valence-electron chi connectivity index (χ4n) is 1.63. The average molecular weight is 287 g/mol. The van der Waals surface area contributed by atoms with E-state index in [9.17, 15) is 9.18 Å². The number of aryl methyl sites for hydroxylation is 1. The molecule has 1 heterocycles. The lowest BCUT2D eigenvalue weighted by molar-refractivity contribution is 0.102. The van der Waals surface area contributed by atoms with Gasteiger partial charge in [0.2, 0.25) is 0 Å². The summed E-state index contributed by atoms with van der Waals surface area (Å²) in [6, 6.07) is 4.24. The van der Waals surface area contributed by atoms with Crippen molar-refractivity contribution in [1.82, 2.24) is 9.55 Å². The highest BCUT2D eigenvalue weighted by Crippen LogP contribution is 2.14. The van der Waals surface area contributed by atoms with Gasteiger partial charge in [-0.3, -0.25) is 4.79 Å². The van der Waals surface area contributed by atoms with Crippen molar-refractivity contribution in [2.45, 2.75) is 6.42 Å². The molecule has 1 aromatic heterocycles. The lowest BCUT2D eigenvalue weighted by Gasteiger charge is -2.04. The van der Waals surface area contributed by atoms with Crippen LogP contribution in [0.3, 0.4) is 0 Å². The Balaban J connectivity index is 2.10. The number of imidazole rings is 1. The first kappa shape index (κ1) is 14.8. The fraction of sp³-hybridized carbons (Fsp3) is 0.200. The summed E-state index contributed by atoms with van der Waals surface area (Å²) in [5.74, 6) is 4.32. The maximum Gasteiger partial charge on any atom is 0.275 e. The smallest absolute Gasteiger partial charge is 0.275 e. The van der Waals surface area contributed by atoms with E-state index >= 15 is 0 Å². The maximum atomic E-state index is 13.8. The molecule has 108 valence electrons. The first-order valence-electron chi connectivity index (χ1n) is 6.29. The Hall–Kier alpha value is -2.65. The molecule has 0 fully saturated rings. The van der Waals surface area contributed by atoms with Crippen LogP contribution in [0, 0.1) is 17.7 Å². The number of anilines is 1. The Morgan fingerprint density at radius 2 is 2.33 bits per heavy atom. The number of nitrogens with one attached hydrogen (secondary N) is 1. The number of rotatable bonds is 3. The second-order valence-corrected chi connectivity index (χ2v) is 4.35. The molecule has 0 radical (unpaired) electrons. The summed E-state index contributed by atoms with van der Waals surface area (Å²) in [6.07, 6.45) is 3.37. The molecule has 0 spiro atoms. The average Bonchev–Trinajstić information content (AvgIpc) is 2.88. The van der Waals surface area contributed by atoms with E-state index in [1.807, 2.05) is 0 Å². The summed E-state index contributed by atoms with van der Waals surface area (Å²) in [7, 11) is 1.75. The normalized spacial score (nSPS) is 9.86. The van der Waals surface area contributed by atoms with Crippen LogP contribution in [-0.2, 0) is 7.05 Å². The number of nitrogens with zero attached hydrogens (tertiary/aromatic N) is 2. The van der Waals surface area contributed by atoms with Crippen LogP contribution in [0.2, 0.25) is 0 Å². The van der Waals surface area contributed by atoms with Crippen molar-refractivity contribution in [3.8, 4) is 11.8 Å². The number of hydrogen-bond donors (Lipinski definition) is 2. The number of amides is 1. The standard InChI is InChI=1S/C15H14FN3O2/c1-19-9-14(17-10-19)15(21)18-12-6-5-11(13(16)8-12)4-2-3-7-20/h5-6,8-10,20H,3,7H2,1H3,(H,18,21). The lowest BCUT2D eigenvalue weighted by atomic mass is 10.2. The number of hydrogen-bond acceptors (Lipinski definition) is 3. The molecule has 2 rings (SSSR count). The molecule has 2 N–H and O–H groups in total. The first-order chi connectivity index (χ1) is 10.1. The quantitative estimate of drug-likeness (QED) is 0.842. The number of carbonyl (C=O) groups is 1. The summed E-state index contributed by atoms with van der Waals surface area (Å²) >= 11 is 0. The molecule has 1 aromatic carbocycles. The minimum Gasteiger partial charge on any atom is -0.395 e. The molecule has 0 unspecified atom stereocenters. The number of halogens is 1. The monoisotopic (exact) mass is 287 g/mol. The van der Waals surface area contributed by atoms with E-state index in [0.717, 1.165) is 0 Å². The van der Waals surface area contributed by atoms with E-state index in [4.69, 9.17) is 5.11 Å². The molecule has 1 amide bonds. The summed E-state index contributed by atoms with van der Waals surface area (Å²) in [5.41, 5.74) is 0.805. The molecule has 0 aliphatic heterocycles. The molecule has 0 aliphatic rings. The zero-order chi connectivity index (χ0) is 15.2. The molecule has 6 heteroatoms. The van der Waals surface area contributed by atoms with E-state index in [-0.39, 0.29) is 24.3 Å². The van der Waals surface area contributed by atoms with Crippen molar-refractivity contribution in [2.24, 2.45) is 7.05 Å². The third-order valence-electron chi connectivity index (χ3n) is 2.62. The van der Waals surface area contributed by atoms with Crippen molar-refractivity contribution < 1.29 is 14.3 Å². The van der Waals surface area contributed by atoms with Crippen molar-refractivity contribution in [1.29, 1.82) is 0 Å². The molecule has 5 nitrogen and oxygen atoms in total. The largest absolute Gasteiger partial charge is 0.395 e. The van der Waals surface area contributed by atoms with Gasteiger partial charge in [-0.15, -0.1) is 0 Å². The van der Waals surface area contributed by atoms with E-state index in [1.165, 1.54) is 18.5 Å². The third kappa shape index (κ3) is 3.91. The Morgan fingerprint density at radius 3 is 2.95 bits per heavy atom. The number of aromatic nitrogens is 2. The van der Waals surface area contributed by atoms with Gasteiger partial charge in [-0.1, -0.05) is 11.8 Å². The van der Waals surface area contributed by atoms with Crippen molar-refractivity contribution in [3.05, 3.63) is 47.8 Å². The van der Waals surface area contributed by atoms with Crippen LogP contribution in [0.4, 0.5) is 10.1 Å². The number of aliphatic hydroxyl groups excluding tert-OH is 1. The Kier molecular flexibility index (Phi) is 4.69. The van der Waals surface area contributed by atoms with Gasteiger partial charge in [-0.05, 0) is 18.2 Å².